The molecule has 0 radical (unpaired) electrons. The third-order valence-electron chi connectivity index (χ3n) is 4.43. The zero-order chi connectivity index (χ0) is 19.2. The number of pyridine rings is 1. The predicted molar refractivity (Wildman–Crippen MR) is 108 cm³/mol. The Hall–Kier alpha value is -3.16. The molecule has 0 aliphatic carbocycles. The summed E-state index contributed by atoms with van der Waals surface area (Å²) in [7, 11) is 0. The van der Waals surface area contributed by atoms with E-state index in [2.05, 4.69) is 9.88 Å². The van der Waals surface area contributed by atoms with E-state index in [1.54, 1.807) is 30.6 Å². The number of amidine groups is 1. The molecule has 0 amide bonds. The molecule has 3 rings (SSSR count). The lowest BCUT2D eigenvalue weighted by molar-refractivity contribution is -0.143. The molecule has 8 heteroatoms. The minimum absolute atomic E-state index is 0. The maximum Gasteiger partial charge on any atom is 0.313 e. The van der Waals surface area contributed by atoms with Crippen LogP contribution in [0.1, 0.15) is 19.4 Å². The van der Waals surface area contributed by atoms with E-state index >= 15 is 0 Å². The number of anilines is 2. The number of rotatable bonds is 6. The van der Waals surface area contributed by atoms with E-state index < -0.39 is 5.97 Å². The van der Waals surface area contributed by atoms with Gasteiger partial charge in [-0.25, -0.2) is 4.39 Å². The van der Waals surface area contributed by atoms with Crippen molar-refractivity contribution in [1.29, 1.82) is 5.41 Å². The molecule has 28 heavy (non-hydrogen) atoms. The number of carbonyl (C=O) groups excluding carboxylic acids is 1. The van der Waals surface area contributed by atoms with Crippen molar-refractivity contribution in [2.75, 3.05) is 36.0 Å². The summed E-state index contributed by atoms with van der Waals surface area (Å²) in [6.45, 7) is 2.75. The Labute approximate surface area is 164 Å². The van der Waals surface area contributed by atoms with Gasteiger partial charge >= 0.3 is 5.97 Å². The molecule has 1 aromatic carbocycles. The number of aromatic nitrogens is 1. The molecule has 3 N–H and O–H groups in total. The van der Waals surface area contributed by atoms with Gasteiger partial charge in [0, 0.05) is 49.8 Å². The Morgan fingerprint density at radius 3 is 2.43 bits per heavy atom. The molecule has 0 spiro atoms. The van der Waals surface area contributed by atoms with Gasteiger partial charge in [-0.2, -0.15) is 0 Å². The van der Waals surface area contributed by atoms with Crippen molar-refractivity contribution in [2.45, 2.75) is 20.5 Å². The maximum atomic E-state index is 14.9. The van der Waals surface area contributed by atoms with Crippen molar-refractivity contribution in [1.82, 2.24) is 4.98 Å². The van der Waals surface area contributed by atoms with Crippen LogP contribution in [0.5, 0.6) is 0 Å². The minimum atomic E-state index is -0.640. The Bertz CT molecular complexity index is 807. The third kappa shape index (κ3) is 5.18. The number of ether oxygens (including phenoxy) is 1. The molecule has 2 aromatic rings. The van der Waals surface area contributed by atoms with E-state index in [0.29, 0.717) is 24.3 Å². The molecular weight excluding hydrogens is 361 g/mol. The molecule has 0 saturated carbocycles. The van der Waals surface area contributed by atoms with Crippen LogP contribution < -0.4 is 15.5 Å². The monoisotopic (exact) mass is 387 g/mol. The van der Waals surface area contributed by atoms with Crippen molar-refractivity contribution >= 4 is 23.2 Å². The van der Waals surface area contributed by atoms with E-state index in [1.807, 2.05) is 17.0 Å². The number of halogens is 1. The topological polar surface area (TPSA) is 95.5 Å². The van der Waals surface area contributed by atoms with Gasteiger partial charge in [0.25, 0.3) is 0 Å². The number of nitrogens with one attached hydrogen (secondary N) is 1. The van der Waals surface area contributed by atoms with Gasteiger partial charge in [0.15, 0.2) is 5.82 Å². The third-order valence-corrected chi connectivity index (χ3v) is 4.43. The molecule has 1 aliphatic rings. The van der Waals surface area contributed by atoms with E-state index in [-0.39, 0.29) is 32.1 Å². The summed E-state index contributed by atoms with van der Waals surface area (Å²) < 4.78 is 19.9. The van der Waals surface area contributed by atoms with Gasteiger partial charge in [-0.1, -0.05) is 19.6 Å². The molecule has 1 fully saturated rings. The largest absolute Gasteiger partial charge is 0.460 e. The lowest BCUT2D eigenvalue weighted by atomic mass is 10.1. The van der Waals surface area contributed by atoms with Crippen molar-refractivity contribution < 1.29 is 13.9 Å². The number of hydrogen-bond acceptors (Lipinski definition) is 6. The summed E-state index contributed by atoms with van der Waals surface area (Å²) >= 11 is 0. The Balaban J connectivity index is 0.00000280. The minimum Gasteiger partial charge on any atom is -0.460 e. The van der Waals surface area contributed by atoms with Crippen molar-refractivity contribution in [3.05, 3.63) is 54.1 Å². The molecular formula is C20H26FN5O2. The van der Waals surface area contributed by atoms with Crippen LogP contribution in [0.4, 0.5) is 15.8 Å². The fourth-order valence-corrected chi connectivity index (χ4v) is 3.05. The fourth-order valence-electron chi connectivity index (χ4n) is 3.05. The summed E-state index contributed by atoms with van der Waals surface area (Å²) in [5.74, 6) is -1.30. The highest BCUT2D eigenvalue weighted by Crippen LogP contribution is 2.25. The fraction of sp³-hybridized carbons (Fsp3) is 0.350. The van der Waals surface area contributed by atoms with Gasteiger partial charge in [-0.05, 0) is 18.2 Å². The number of carbonyl (C=O) groups is 1. The molecule has 1 aliphatic heterocycles. The van der Waals surface area contributed by atoms with Crippen LogP contribution in [0.15, 0.2) is 42.7 Å². The van der Waals surface area contributed by atoms with E-state index in [1.165, 1.54) is 0 Å². The summed E-state index contributed by atoms with van der Waals surface area (Å²) in [5.41, 5.74) is 7.08. The highest BCUT2D eigenvalue weighted by molar-refractivity contribution is 5.94. The van der Waals surface area contributed by atoms with Crippen LogP contribution in [0.2, 0.25) is 0 Å². The zero-order valence-corrected chi connectivity index (χ0v) is 14.9. The number of piperazine rings is 1. The first kappa shape index (κ1) is 21.1. The molecule has 1 aromatic heterocycles. The summed E-state index contributed by atoms with van der Waals surface area (Å²) in [6, 6.07) is 9.01. The second-order valence-corrected chi connectivity index (χ2v) is 6.29. The van der Waals surface area contributed by atoms with Gasteiger partial charge in [0.05, 0.1) is 5.69 Å². The standard InChI is InChI=1S/C19H22FN5O2.CH4/c20-19-14(13-27-18(26)12-17(21)22)2-1-3-16(19)25-10-8-24(9-11-25)15-4-6-23-7-5-15;/h1-7H,8-13H2,(H3,21,22);1H4. The second kappa shape index (κ2) is 9.68. The van der Waals surface area contributed by atoms with Gasteiger partial charge in [-0.15, -0.1) is 0 Å². The Morgan fingerprint density at radius 1 is 1.14 bits per heavy atom. The van der Waals surface area contributed by atoms with Gasteiger partial charge in [0.1, 0.15) is 18.9 Å². The molecule has 0 unspecified atom stereocenters. The second-order valence-electron chi connectivity index (χ2n) is 6.29. The average Bonchev–Trinajstić information content (AvgIpc) is 2.67. The smallest absolute Gasteiger partial charge is 0.313 e. The van der Waals surface area contributed by atoms with Crippen molar-refractivity contribution in [2.24, 2.45) is 5.73 Å². The van der Waals surface area contributed by atoms with Crippen LogP contribution in [-0.2, 0) is 16.1 Å². The first-order valence-corrected chi connectivity index (χ1v) is 8.70. The SMILES string of the molecule is C.N=C(N)CC(=O)OCc1cccc(N2CCN(c3ccncc3)CC2)c1F. The quantitative estimate of drug-likeness (QED) is 0.449. The maximum absolute atomic E-state index is 14.9. The first-order valence-electron chi connectivity index (χ1n) is 8.70. The van der Waals surface area contributed by atoms with Gasteiger partial charge in [0.2, 0.25) is 0 Å². The first-order chi connectivity index (χ1) is 13.0. The molecule has 2 heterocycles. The highest BCUT2D eigenvalue weighted by Gasteiger charge is 2.21. The van der Waals surface area contributed by atoms with E-state index in [4.69, 9.17) is 15.9 Å². The van der Waals surface area contributed by atoms with E-state index in [0.717, 1.165) is 18.8 Å². The summed E-state index contributed by atoms with van der Waals surface area (Å²) in [4.78, 5) is 19.8. The van der Waals surface area contributed by atoms with Gasteiger partial charge in [-0.3, -0.25) is 15.2 Å². The molecule has 0 atom stereocenters. The Kier molecular flexibility index (Phi) is 7.31. The number of hydrogen-bond donors (Lipinski definition) is 2. The molecule has 150 valence electrons. The summed E-state index contributed by atoms with van der Waals surface area (Å²) in [6.07, 6.45) is 3.23. The zero-order valence-electron chi connectivity index (χ0n) is 14.9. The van der Waals surface area contributed by atoms with Crippen LogP contribution in [0.3, 0.4) is 0 Å². The lowest BCUT2D eigenvalue weighted by Crippen LogP contribution is -2.46. The Morgan fingerprint density at radius 2 is 1.79 bits per heavy atom. The van der Waals surface area contributed by atoms with Crippen LogP contribution in [-0.4, -0.2) is 43.0 Å². The molecule has 1 saturated heterocycles. The van der Waals surface area contributed by atoms with Crippen LogP contribution >= 0.6 is 0 Å². The van der Waals surface area contributed by atoms with Crippen LogP contribution in [0, 0.1) is 11.2 Å². The number of benzene rings is 1. The number of nitrogens with two attached hydrogens (primary N) is 1. The van der Waals surface area contributed by atoms with Crippen molar-refractivity contribution in [3.63, 3.8) is 0 Å². The normalized spacial score (nSPS) is 13.6. The molecule has 0 bridgehead atoms. The van der Waals surface area contributed by atoms with Crippen LogP contribution in [0.25, 0.3) is 0 Å². The van der Waals surface area contributed by atoms with Crippen molar-refractivity contribution in [3.8, 4) is 0 Å². The average molecular weight is 387 g/mol. The number of nitrogens with zero attached hydrogens (tertiary/aromatic N) is 3. The molecule has 7 nitrogen and oxygen atoms in total. The van der Waals surface area contributed by atoms with E-state index in [9.17, 15) is 9.18 Å². The van der Waals surface area contributed by atoms with Gasteiger partial charge < -0.3 is 20.3 Å². The summed E-state index contributed by atoms with van der Waals surface area (Å²) in [5, 5.41) is 7.09. The number of esters is 1. The lowest BCUT2D eigenvalue weighted by Gasteiger charge is -2.37. The highest BCUT2D eigenvalue weighted by atomic mass is 19.1. The predicted octanol–water partition coefficient (Wildman–Crippen LogP) is 2.55.